The molecular formula is C22H28N2O4S. The average molecular weight is 417 g/mol. The predicted octanol–water partition coefficient (Wildman–Crippen LogP) is 3.32. The molecule has 0 aromatic heterocycles. The van der Waals surface area contributed by atoms with Gasteiger partial charge in [-0.25, -0.2) is 8.42 Å². The van der Waals surface area contributed by atoms with E-state index in [1.807, 2.05) is 19.1 Å². The number of aliphatic hydroxyl groups is 1. The van der Waals surface area contributed by atoms with E-state index in [-0.39, 0.29) is 16.9 Å². The number of aliphatic hydroxyl groups excluding tert-OH is 1. The average Bonchev–Trinajstić information content (AvgIpc) is 2.62. The standard InChI is InChI=1S/C22H28N2O4S/c1-14-12-16(3)21(17(4)13-14)29(27,28)23-20-15(2)6-5-7-19(20)22(26)24-10-8-18(25)9-11-24/h5-7,12-13,18,23,25H,8-11H2,1-4H3. The SMILES string of the molecule is Cc1cc(C)c(S(=O)(=O)Nc2c(C)cccc2C(=O)N2CCC(O)CC2)c(C)c1. The van der Waals surface area contributed by atoms with Crippen LogP contribution in [0.2, 0.25) is 0 Å². The summed E-state index contributed by atoms with van der Waals surface area (Å²) in [5.41, 5.74) is 3.65. The minimum absolute atomic E-state index is 0.226. The van der Waals surface area contributed by atoms with Crippen LogP contribution >= 0.6 is 0 Å². The molecule has 0 spiro atoms. The van der Waals surface area contributed by atoms with Crippen LogP contribution in [0.15, 0.2) is 35.2 Å². The number of amides is 1. The lowest BCUT2D eigenvalue weighted by Crippen LogP contribution is -2.40. The molecule has 1 heterocycles. The molecule has 156 valence electrons. The molecule has 6 nitrogen and oxygen atoms in total. The van der Waals surface area contributed by atoms with Crippen molar-refractivity contribution in [2.24, 2.45) is 0 Å². The van der Waals surface area contributed by atoms with Gasteiger partial charge in [0.05, 0.1) is 22.3 Å². The summed E-state index contributed by atoms with van der Waals surface area (Å²) in [4.78, 5) is 15.0. The van der Waals surface area contributed by atoms with Crippen molar-refractivity contribution < 1.29 is 18.3 Å². The third-order valence-electron chi connectivity index (χ3n) is 5.36. The zero-order valence-corrected chi connectivity index (χ0v) is 18.1. The number of hydrogen-bond donors (Lipinski definition) is 2. The molecule has 2 aromatic rings. The van der Waals surface area contributed by atoms with Crippen LogP contribution in [0.5, 0.6) is 0 Å². The van der Waals surface area contributed by atoms with Gasteiger partial charge < -0.3 is 10.0 Å². The summed E-state index contributed by atoms with van der Waals surface area (Å²) in [5.74, 6) is -0.226. The van der Waals surface area contributed by atoms with E-state index >= 15 is 0 Å². The summed E-state index contributed by atoms with van der Waals surface area (Å²) >= 11 is 0. The van der Waals surface area contributed by atoms with Crippen molar-refractivity contribution in [3.05, 3.63) is 58.1 Å². The molecule has 0 radical (unpaired) electrons. The first-order valence-corrected chi connectivity index (χ1v) is 11.3. The van der Waals surface area contributed by atoms with Crippen molar-refractivity contribution in [2.45, 2.75) is 51.5 Å². The number of sulfonamides is 1. The summed E-state index contributed by atoms with van der Waals surface area (Å²) in [6, 6.07) is 8.85. The molecule has 0 atom stereocenters. The topological polar surface area (TPSA) is 86.7 Å². The molecule has 0 bridgehead atoms. The number of carbonyl (C=O) groups excluding carboxylic acids is 1. The van der Waals surface area contributed by atoms with Crippen molar-refractivity contribution in [1.29, 1.82) is 0 Å². The summed E-state index contributed by atoms with van der Waals surface area (Å²) in [5, 5.41) is 9.70. The Morgan fingerprint density at radius 1 is 1.03 bits per heavy atom. The molecule has 7 heteroatoms. The van der Waals surface area contributed by atoms with Crippen LogP contribution in [0.3, 0.4) is 0 Å². The molecule has 0 aliphatic carbocycles. The van der Waals surface area contributed by atoms with E-state index in [1.54, 1.807) is 43.9 Å². The number of piperidine rings is 1. The van der Waals surface area contributed by atoms with Gasteiger partial charge in [-0.05, 0) is 63.3 Å². The molecule has 29 heavy (non-hydrogen) atoms. The number of benzene rings is 2. The fourth-order valence-corrected chi connectivity index (χ4v) is 5.60. The predicted molar refractivity (Wildman–Crippen MR) is 114 cm³/mol. The number of para-hydroxylation sites is 1. The van der Waals surface area contributed by atoms with Gasteiger partial charge in [0.2, 0.25) is 0 Å². The van der Waals surface area contributed by atoms with Gasteiger partial charge in [0, 0.05) is 13.1 Å². The highest BCUT2D eigenvalue weighted by Gasteiger charge is 2.27. The Morgan fingerprint density at radius 3 is 2.21 bits per heavy atom. The molecule has 2 aromatic carbocycles. The van der Waals surface area contributed by atoms with Crippen LogP contribution in [0.4, 0.5) is 5.69 Å². The van der Waals surface area contributed by atoms with Crippen LogP contribution in [0.25, 0.3) is 0 Å². The van der Waals surface area contributed by atoms with Gasteiger partial charge in [-0.3, -0.25) is 9.52 Å². The van der Waals surface area contributed by atoms with Crippen LogP contribution in [-0.2, 0) is 10.0 Å². The van der Waals surface area contributed by atoms with Crippen LogP contribution in [0.1, 0.15) is 45.5 Å². The highest BCUT2D eigenvalue weighted by atomic mass is 32.2. The number of anilines is 1. The van der Waals surface area contributed by atoms with Crippen molar-refractivity contribution in [3.8, 4) is 0 Å². The van der Waals surface area contributed by atoms with Gasteiger partial charge in [-0.15, -0.1) is 0 Å². The Balaban J connectivity index is 1.99. The van der Waals surface area contributed by atoms with Gasteiger partial charge in [0.15, 0.2) is 0 Å². The lowest BCUT2D eigenvalue weighted by Gasteiger charge is -2.30. The summed E-state index contributed by atoms with van der Waals surface area (Å²) in [6.45, 7) is 8.17. The number of nitrogens with one attached hydrogen (secondary N) is 1. The molecule has 1 aliphatic rings. The Bertz CT molecular complexity index is 1020. The van der Waals surface area contributed by atoms with Gasteiger partial charge >= 0.3 is 0 Å². The van der Waals surface area contributed by atoms with Crippen LogP contribution in [0, 0.1) is 27.7 Å². The van der Waals surface area contributed by atoms with Gasteiger partial charge in [0.25, 0.3) is 15.9 Å². The third kappa shape index (κ3) is 4.46. The number of aryl methyl sites for hydroxylation is 4. The van der Waals surface area contributed by atoms with E-state index in [9.17, 15) is 18.3 Å². The van der Waals surface area contributed by atoms with E-state index in [1.165, 1.54) is 0 Å². The molecule has 3 rings (SSSR count). The van der Waals surface area contributed by atoms with Crippen LogP contribution < -0.4 is 4.72 Å². The lowest BCUT2D eigenvalue weighted by atomic mass is 10.0. The van der Waals surface area contributed by atoms with E-state index < -0.39 is 10.0 Å². The van der Waals surface area contributed by atoms with Crippen molar-refractivity contribution >= 4 is 21.6 Å². The zero-order chi connectivity index (χ0) is 21.3. The molecule has 2 N–H and O–H groups in total. The summed E-state index contributed by atoms with van der Waals surface area (Å²) < 4.78 is 29.1. The smallest absolute Gasteiger partial charge is 0.262 e. The molecule has 1 aliphatic heterocycles. The normalized spacial score (nSPS) is 15.4. The molecule has 0 saturated carbocycles. The maximum absolute atomic E-state index is 13.2. The Hall–Kier alpha value is -2.38. The Morgan fingerprint density at radius 2 is 1.62 bits per heavy atom. The van der Waals surface area contributed by atoms with Crippen molar-refractivity contribution in [1.82, 2.24) is 4.90 Å². The van der Waals surface area contributed by atoms with E-state index in [4.69, 9.17) is 0 Å². The second kappa shape index (κ2) is 8.16. The van der Waals surface area contributed by atoms with E-state index in [2.05, 4.69) is 4.72 Å². The molecule has 1 saturated heterocycles. The largest absolute Gasteiger partial charge is 0.393 e. The third-order valence-corrected chi connectivity index (χ3v) is 7.02. The monoisotopic (exact) mass is 416 g/mol. The fourth-order valence-electron chi connectivity index (χ4n) is 4.00. The second-order valence-corrected chi connectivity index (χ2v) is 9.47. The highest BCUT2D eigenvalue weighted by Crippen LogP contribution is 2.29. The first-order chi connectivity index (χ1) is 13.6. The van der Waals surface area contributed by atoms with Gasteiger partial charge in [-0.2, -0.15) is 0 Å². The van der Waals surface area contributed by atoms with Crippen molar-refractivity contribution in [2.75, 3.05) is 17.8 Å². The first kappa shape index (κ1) is 21.3. The van der Waals surface area contributed by atoms with Gasteiger partial charge in [-0.1, -0.05) is 29.8 Å². The molecule has 1 fully saturated rings. The number of rotatable bonds is 4. The maximum Gasteiger partial charge on any atom is 0.262 e. The first-order valence-electron chi connectivity index (χ1n) is 9.78. The quantitative estimate of drug-likeness (QED) is 0.801. The summed E-state index contributed by atoms with van der Waals surface area (Å²) in [6.07, 6.45) is 0.669. The summed E-state index contributed by atoms with van der Waals surface area (Å²) in [7, 11) is -3.87. The maximum atomic E-state index is 13.2. The number of carbonyl (C=O) groups is 1. The molecule has 1 amide bonds. The molecule has 0 unspecified atom stereocenters. The van der Waals surface area contributed by atoms with E-state index in [0.717, 1.165) is 5.56 Å². The number of nitrogens with zero attached hydrogens (tertiary/aromatic N) is 1. The Kier molecular flexibility index (Phi) is 6.00. The van der Waals surface area contributed by atoms with E-state index in [0.29, 0.717) is 53.9 Å². The highest BCUT2D eigenvalue weighted by molar-refractivity contribution is 7.92. The van der Waals surface area contributed by atoms with Crippen molar-refractivity contribution in [3.63, 3.8) is 0 Å². The second-order valence-electron chi connectivity index (χ2n) is 7.85. The van der Waals surface area contributed by atoms with Gasteiger partial charge in [0.1, 0.15) is 0 Å². The zero-order valence-electron chi connectivity index (χ0n) is 17.3. The Labute approximate surface area is 172 Å². The number of hydrogen-bond acceptors (Lipinski definition) is 4. The molecular weight excluding hydrogens is 388 g/mol. The minimum Gasteiger partial charge on any atom is -0.393 e. The number of likely N-dealkylation sites (tertiary alicyclic amines) is 1. The fraction of sp³-hybridized carbons (Fsp3) is 0.409. The minimum atomic E-state index is -3.87. The van der Waals surface area contributed by atoms with Crippen LogP contribution in [-0.4, -0.2) is 43.5 Å². The lowest BCUT2D eigenvalue weighted by molar-refractivity contribution is 0.0547.